The second kappa shape index (κ2) is 5.53. The molecule has 112 valence electrons. The summed E-state index contributed by atoms with van der Waals surface area (Å²) < 4.78 is 2.16. The quantitative estimate of drug-likeness (QED) is 0.631. The first-order valence-electron chi connectivity index (χ1n) is 7.38. The van der Waals surface area contributed by atoms with E-state index in [4.69, 9.17) is 10.7 Å². The molecule has 0 saturated heterocycles. The summed E-state index contributed by atoms with van der Waals surface area (Å²) in [7, 11) is 0. The van der Waals surface area contributed by atoms with E-state index in [0.29, 0.717) is 12.4 Å². The summed E-state index contributed by atoms with van der Waals surface area (Å²) in [6.07, 6.45) is 5.29. The maximum absolute atomic E-state index is 6.06. The molecule has 1 aromatic carbocycles. The third-order valence-corrected chi connectivity index (χ3v) is 3.82. The lowest BCUT2D eigenvalue weighted by Crippen LogP contribution is -2.04. The maximum Gasteiger partial charge on any atom is 0.145 e. The van der Waals surface area contributed by atoms with Crippen LogP contribution >= 0.6 is 0 Å². The number of nitrogens with zero attached hydrogens (tertiary/aromatic N) is 4. The normalized spacial score (nSPS) is 11.0. The number of fused-ring (bicyclic) bond motifs is 1. The minimum atomic E-state index is 0.485. The number of para-hydroxylation sites is 2. The minimum absolute atomic E-state index is 0.485. The highest BCUT2D eigenvalue weighted by atomic mass is 15.1. The summed E-state index contributed by atoms with van der Waals surface area (Å²) in [5, 5.41) is 0. The van der Waals surface area contributed by atoms with Crippen LogP contribution in [0.1, 0.15) is 5.56 Å². The number of nitrogens with two attached hydrogens (primary N) is 1. The van der Waals surface area contributed by atoms with Gasteiger partial charge in [-0.15, -0.1) is 0 Å². The summed E-state index contributed by atoms with van der Waals surface area (Å²) >= 11 is 0. The van der Waals surface area contributed by atoms with Gasteiger partial charge in [0.25, 0.3) is 0 Å². The summed E-state index contributed by atoms with van der Waals surface area (Å²) in [5.41, 5.74) is 10.1. The third-order valence-electron chi connectivity index (χ3n) is 3.82. The van der Waals surface area contributed by atoms with Crippen LogP contribution in [0.5, 0.6) is 0 Å². The number of aromatic nitrogens is 4. The van der Waals surface area contributed by atoms with Crippen LogP contribution in [0.25, 0.3) is 22.4 Å². The molecule has 0 amide bonds. The Morgan fingerprint density at radius 1 is 0.913 bits per heavy atom. The molecule has 0 bridgehead atoms. The number of hydrogen-bond acceptors (Lipinski definition) is 4. The maximum atomic E-state index is 6.06. The number of imidazole rings is 1. The Hall–Kier alpha value is -3.21. The van der Waals surface area contributed by atoms with Crippen molar-refractivity contribution in [2.45, 2.75) is 6.54 Å². The lowest BCUT2D eigenvalue weighted by Gasteiger charge is -2.10. The predicted molar refractivity (Wildman–Crippen MR) is 90.7 cm³/mol. The third kappa shape index (κ3) is 2.42. The van der Waals surface area contributed by atoms with E-state index in [1.165, 1.54) is 0 Å². The Morgan fingerprint density at radius 3 is 2.57 bits per heavy atom. The lowest BCUT2D eigenvalue weighted by atomic mass is 10.2. The first-order valence-corrected chi connectivity index (χ1v) is 7.38. The molecular formula is C18H15N5. The van der Waals surface area contributed by atoms with Crippen LogP contribution in [-0.2, 0) is 6.54 Å². The summed E-state index contributed by atoms with van der Waals surface area (Å²) in [6.45, 7) is 0.701. The molecule has 2 N–H and O–H groups in total. The van der Waals surface area contributed by atoms with E-state index < -0.39 is 0 Å². The Kier molecular flexibility index (Phi) is 3.24. The average molecular weight is 301 g/mol. The molecule has 5 nitrogen and oxygen atoms in total. The molecule has 0 saturated carbocycles. The van der Waals surface area contributed by atoms with Crippen molar-refractivity contribution in [3.05, 3.63) is 72.7 Å². The fourth-order valence-electron chi connectivity index (χ4n) is 2.72. The summed E-state index contributed by atoms with van der Waals surface area (Å²) in [5.74, 6) is 1.31. The van der Waals surface area contributed by atoms with Gasteiger partial charge in [-0.25, -0.2) is 9.97 Å². The van der Waals surface area contributed by atoms with Crippen molar-refractivity contribution in [2.75, 3.05) is 5.73 Å². The van der Waals surface area contributed by atoms with Gasteiger partial charge >= 0.3 is 0 Å². The van der Waals surface area contributed by atoms with Crippen molar-refractivity contribution in [3.63, 3.8) is 0 Å². The SMILES string of the molecule is Nc1ncccc1-c1nc2ccccc2n1Cc1ccncc1. The Bertz CT molecular complexity index is 959. The molecule has 4 aromatic rings. The number of rotatable bonds is 3. The molecule has 0 radical (unpaired) electrons. The number of nitrogen functional groups attached to an aromatic ring is 1. The zero-order chi connectivity index (χ0) is 15.6. The summed E-state index contributed by atoms with van der Waals surface area (Å²) in [6, 6.07) is 15.9. The van der Waals surface area contributed by atoms with Crippen LogP contribution in [0.2, 0.25) is 0 Å². The topological polar surface area (TPSA) is 69.6 Å². The average Bonchev–Trinajstić information content (AvgIpc) is 2.95. The number of anilines is 1. The van der Waals surface area contributed by atoms with Gasteiger partial charge in [0.05, 0.1) is 16.6 Å². The zero-order valence-electron chi connectivity index (χ0n) is 12.4. The van der Waals surface area contributed by atoms with Crippen LogP contribution in [0, 0.1) is 0 Å². The van der Waals surface area contributed by atoms with Crippen molar-refractivity contribution in [2.24, 2.45) is 0 Å². The van der Waals surface area contributed by atoms with E-state index in [-0.39, 0.29) is 0 Å². The van der Waals surface area contributed by atoms with Gasteiger partial charge in [0, 0.05) is 25.1 Å². The van der Waals surface area contributed by atoms with E-state index >= 15 is 0 Å². The van der Waals surface area contributed by atoms with E-state index in [1.54, 1.807) is 18.6 Å². The Balaban J connectivity index is 1.93. The first-order chi connectivity index (χ1) is 11.3. The highest BCUT2D eigenvalue weighted by molar-refractivity contribution is 5.82. The molecule has 0 spiro atoms. The van der Waals surface area contributed by atoms with Crippen molar-refractivity contribution in [3.8, 4) is 11.4 Å². The largest absolute Gasteiger partial charge is 0.383 e. The second-order valence-electron chi connectivity index (χ2n) is 5.30. The molecule has 0 unspecified atom stereocenters. The number of benzene rings is 1. The molecule has 0 atom stereocenters. The molecular weight excluding hydrogens is 286 g/mol. The van der Waals surface area contributed by atoms with Gasteiger partial charge in [-0.1, -0.05) is 12.1 Å². The van der Waals surface area contributed by atoms with E-state index in [2.05, 4.69) is 20.6 Å². The van der Waals surface area contributed by atoms with Crippen molar-refractivity contribution in [1.29, 1.82) is 0 Å². The molecule has 5 heteroatoms. The monoisotopic (exact) mass is 301 g/mol. The molecule has 0 fully saturated rings. The van der Waals surface area contributed by atoms with Gasteiger partial charge in [0.2, 0.25) is 0 Å². The van der Waals surface area contributed by atoms with E-state index in [9.17, 15) is 0 Å². The van der Waals surface area contributed by atoms with Gasteiger partial charge in [-0.3, -0.25) is 4.98 Å². The lowest BCUT2D eigenvalue weighted by molar-refractivity contribution is 0.832. The minimum Gasteiger partial charge on any atom is -0.383 e. The number of hydrogen-bond donors (Lipinski definition) is 1. The first kappa shape index (κ1) is 13.5. The Labute approximate surface area is 133 Å². The van der Waals surface area contributed by atoms with Crippen molar-refractivity contribution < 1.29 is 0 Å². The fraction of sp³-hybridized carbons (Fsp3) is 0.0556. The van der Waals surface area contributed by atoms with Crippen LogP contribution in [-0.4, -0.2) is 19.5 Å². The van der Waals surface area contributed by atoms with Crippen LogP contribution in [0.15, 0.2) is 67.1 Å². The molecule has 3 aromatic heterocycles. The fourth-order valence-corrected chi connectivity index (χ4v) is 2.72. The molecule has 23 heavy (non-hydrogen) atoms. The molecule has 0 aliphatic heterocycles. The highest BCUT2D eigenvalue weighted by Gasteiger charge is 2.15. The van der Waals surface area contributed by atoms with Gasteiger partial charge < -0.3 is 10.3 Å². The zero-order valence-corrected chi connectivity index (χ0v) is 12.4. The van der Waals surface area contributed by atoms with Crippen LogP contribution in [0.3, 0.4) is 0 Å². The van der Waals surface area contributed by atoms with Gasteiger partial charge in [-0.05, 0) is 42.0 Å². The van der Waals surface area contributed by atoms with Gasteiger partial charge in [-0.2, -0.15) is 0 Å². The molecule has 3 heterocycles. The van der Waals surface area contributed by atoms with Crippen molar-refractivity contribution >= 4 is 16.9 Å². The smallest absolute Gasteiger partial charge is 0.145 e. The van der Waals surface area contributed by atoms with Gasteiger partial charge in [0.1, 0.15) is 11.6 Å². The second-order valence-corrected chi connectivity index (χ2v) is 5.30. The highest BCUT2D eigenvalue weighted by Crippen LogP contribution is 2.28. The van der Waals surface area contributed by atoms with Crippen LogP contribution < -0.4 is 5.73 Å². The molecule has 0 aliphatic rings. The Morgan fingerprint density at radius 2 is 1.74 bits per heavy atom. The standard InChI is InChI=1S/C18H15N5/c19-17-14(4-3-9-21-17)18-22-15-5-1-2-6-16(15)23(18)12-13-7-10-20-11-8-13/h1-11H,12H2,(H2,19,21). The van der Waals surface area contributed by atoms with Crippen LogP contribution in [0.4, 0.5) is 5.82 Å². The molecule has 0 aliphatic carbocycles. The van der Waals surface area contributed by atoms with Crippen molar-refractivity contribution in [1.82, 2.24) is 19.5 Å². The number of pyridine rings is 2. The van der Waals surface area contributed by atoms with E-state index in [0.717, 1.165) is 28.0 Å². The van der Waals surface area contributed by atoms with E-state index in [1.807, 2.05) is 42.5 Å². The molecule has 4 rings (SSSR count). The summed E-state index contributed by atoms with van der Waals surface area (Å²) in [4.78, 5) is 13.0. The predicted octanol–water partition coefficient (Wildman–Crippen LogP) is 3.12. The van der Waals surface area contributed by atoms with Gasteiger partial charge in [0.15, 0.2) is 0 Å².